The third kappa shape index (κ3) is 2.74. The summed E-state index contributed by atoms with van der Waals surface area (Å²) in [5.41, 5.74) is 3.14. The summed E-state index contributed by atoms with van der Waals surface area (Å²) in [6, 6.07) is 11.3. The molecular formula is C17H17ClN2O2. The molecular weight excluding hydrogens is 300 g/mol. The second kappa shape index (κ2) is 6.28. The van der Waals surface area contributed by atoms with Crippen molar-refractivity contribution in [2.75, 3.05) is 6.54 Å². The summed E-state index contributed by atoms with van der Waals surface area (Å²) in [5.74, 6) is -0.0969. The van der Waals surface area contributed by atoms with Gasteiger partial charge in [-0.1, -0.05) is 36.7 Å². The summed E-state index contributed by atoms with van der Waals surface area (Å²) in [6.45, 7) is 3.20. The fraction of sp³-hybridized carbons (Fsp3) is 0.235. The summed E-state index contributed by atoms with van der Waals surface area (Å²) < 4.78 is 7.36. The second-order valence-electron chi connectivity index (χ2n) is 5.13. The summed E-state index contributed by atoms with van der Waals surface area (Å²) in [5, 5.41) is 3.59. The van der Waals surface area contributed by atoms with Crippen LogP contribution in [0.2, 0.25) is 5.02 Å². The van der Waals surface area contributed by atoms with Crippen molar-refractivity contribution in [3.8, 4) is 0 Å². The minimum atomic E-state index is -0.0969. The van der Waals surface area contributed by atoms with Gasteiger partial charge in [-0.3, -0.25) is 4.79 Å². The van der Waals surface area contributed by atoms with Crippen molar-refractivity contribution in [1.29, 1.82) is 0 Å². The molecule has 3 aromatic rings. The van der Waals surface area contributed by atoms with Crippen LogP contribution in [0.1, 0.15) is 29.4 Å². The molecule has 0 saturated carbocycles. The summed E-state index contributed by atoms with van der Waals surface area (Å²) in [6.07, 6.45) is 2.52. The number of aromatic nitrogens is 1. The minimum Gasteiger partial charge on any atom is -0.463 e. The summed E-state index contributed by atoms with van der Waals surface area (Å²) in [7, 11) is 0. The van der Waals surface area contributed by atoms with Crippen LogP contribution in [0.15, 0.2) is 47.1 Å². The van der Waals surface area contributed by atoms with E-state index in [1.807, 2.05) is 41.8 Å². The van der Waals surface area contributed by atoms with Gasteiger partial charge in [0.25, 0.3) is 5.91 Å². The first-order valence-corrected chi connectivity index (χ1v) is 7.67. The Bertz CT molecular complexity index is 804. The zero-order chi connectivity index (χ0) is 15.5. The standard InChI is InChI=1S/C17H17ClN2O2/c1-2-8-19-17(21)15-10-16-14(7-9-22-16)20(15)11-12-5-3-4-6-13(12)18/h3-7,9-10H,2,8,11H2,1H3,(H,19,21). The molecule has 22 heavy (non-hydrogen) atoms. The van der Waals surface area contributed by atoms with Gasteiger partial charge in [0.05, 0.1) is 11.8 Å². The molecule has 114 valence electrons. The van der Waals surface area contributed by atoms with E-state index in [1.54, 1.807) is 12.3 Å². The van der Waals surface area contributed by atoms with Gasteiger partial charge in [-0.15, -0.1) is 0 Å². The zero-order valence-corrected chi connectivity index (χ0v) is 13.1. The van der Waals surface area contributed by atoms with E-state index in [1.165, 1.54) is 0 Å². The number of hydrogen-bond acceptors (Lipinski definition) is 2. The lowest BCUT2D eigenvalue weighted by atomic mass is 10.2. The molecule has 1 N–H and O–H groups in total. The number of fused-ring (bicyclic) bond motifs is 1. The van der Waals surface area contributed by atoms with Gasteiger partial charge in [-0.25, -0.2) is 0 Å². The molecule has 0 fully saturated rings. The van der Waals surface area contributed by atoms with Crippen LogP contribution in [-0.2, 0) is 6.54 Å². The number of carbonyl (C=O) groups excluding carboxylic acids is 1. The first-order valence-electron chi connectivity index (χ1n) is 7.29. The summed E-state index contributed by atoms with van der Waals surface area (Å²) in [4.78, 5) is 12.4. The first kappa shape index (κ1) is 14.7. The van der Waals surface area contributed by atoms with E-state index < -0.39 is 0 Å². The van der Waals surface area contributed by atoms with Gasteiger partial charge in [0, 0.05) is 30.2 Å². The number of carbonyl (C=O) groups is 1. The Morgan fingerprint density at radius 3 is 2.91 bits per heavy atom. The number of benzene rings is 1. The highest BCUT2D eigenvalue weighted by Crippen LogP contribution is 2.24. The van der Waals surface area contributed by atoms with Crippen LogP contribution in [0.5, 0.6) is 0 Å². The molecule has 0 aliphatic carbocycles. The molecule has 0 saturated heterocycles. The maximum atomic E-state index is 12.4. The molecule has 2 heterocycles. The van der Waals surface area contributed by atoms with Gasteiger partial charge in [-0.05, 0) is 18.1 Å². The normalized spacial score (nSPS) is 11.0. The Morgan fingerprint density at radius 2 is 2.14 bits per heavy atom. The average molecular weight is 317 g/mol. The highest BCUT2D eigenvalue weighted by atomic mass is 35.5. The zero-order valence-electron chi connectivity index (χ0n) is 12.3. The van der Waals surface area contributed by atoms with Crippen LogP contribution in [0.3, 0.4) is 0 Å². The van der Waals surface area contributed by atoms with Crippen LogP contribution in [0.4, 0.5) is 0 Å². The van der Waals surface area contributed by atoms with Gasteiger partial charge in [0.1, 0.15) is 5.69 Å². The van der Waals surface area contributed by atoms with Gasteiger partial charge >= 0.3 is 0 Å². The van der Waals surface area contributed by atoms with Crippen LogP contribution < -0.4 is 5.32 Å². The Balaban J connectivity index is 2.01. The van der Waals surface area contributed by atoms with E-state index >= 15 is 0 Å². The topological polar surface area (TPSA) is 47.2 Å². The molecule has 0 aliphatic heterocycles. The average Bonchev–Trinajstić information content (AvgIpc) is 3.09. The Labute approximate surface area is 133 Å². The fourth-order valence-electron chi connectivity index (χ4n) is 2.46. The van der Waals surface area contributed by atoms with Crippen molar-refractivity contribution in [1.82, 2.24) is 9.88 Å². The molecule has 0 radical (unpaired) electrons. The van der Waals surface area contributed by atoms with Crippen LogP contribution >= 0.6 is 11.6 Å². The van der Waals surface area contributed by atoms with Gasteiger partial charge < -0.3 is 14.3 Å². The van der Waals surface area contributed by atoms with E-state index in [4.69, 9.17) is 16.0 Å². The quantitative estimate of drug-likeness (QED) is 0.771. The number of amides is 1. The fourth-order valence-corrected chi connectivity index (χ4v) is 2.66. The van der Waals surface area contributed by atoms with E-state index in [2.05, 4.69) is 5.32 Å². The number of halogens is 1. The Hall–Kier alpha value is -2.20. The SMILES string of the molecule is CCCNC(=O)c1cc2occc2n1Cc1ccccc1Cl. The molecule has 0 aliphatic rings. The lowest BCUT2D eigenvalue weighted by Crippen LogP contribution is -2.26. The number of hydrogen-bond donors (Lipinski definition) is 1. The van der Waals surface area contributed by atoms with Crippen molar-refractivity contribution in [3.63, 3.8) is 0 Å². The monoisotopic (exact) mass is 316 g/mol. The lowest BCUT2D eigenvalue weighted by molar-refractivity contribution is 0.0945. The smallest absolute Gasteiger partial charge is 0.268 e. The predicted octanol–water partition coefficient (Wildman–Crippen LogP) is 4.08. The molecule has 0 bridgehead atoms. The van der Waals surface area contributed by atoms with Crippen molar-refractivity contribution in [3.05, 3.63) is 58.9 Å². The molecule has 1 amide bonds. The molecule has 5 heteroatoms. The first-order chi connectivity index (χ1) is 10.7. The van der Waals surface area contributed by atoms with Crippen molar-refractivity contribution >= 4 is 28.6 Å². The summed E-state index contributed by atoms with van der Waals surface area (Å²) >= 11 is 6.24. The maximum absolute atomic E-state index is 12.4. The van der Waals surface area contributed by atoms with Crippen molar-refractivity contribution in [2.45, 2.75) is 19.9 Å². The Kier molecular flexibility index (Phi) is 4.20. The van der Waals surface area contributed by atoms with Crippen LogP contribution in [-0.4, -0.2) is 17.0 Å². The molecule has 3 rings (SSSR count). The highest BCUT2D eigenvalue weighted by molar-refractivity contribution is 6.31. The molecule has 4 nitrogen and oxygen atoms in total. The third-order valence-electron chi connectivity index (χ3n) is 3.58. The van der Waals surface area contributed by atoms with E-state index in [0.717, 1.165) is 17.5 Å². The second-order valence-corrected chi connectivity index (χ2v) is 5.54. The molecule has 0 unspecified atom stereocenters. The number of nitrogens with one attached hydrogen (secondary N) is 1. The largest absolute Gasteiger partial charge is 0.463 e. The maximum Gasteiger partial charge on any atom is 0.268 e. The van der Waals surface area contributed by atoms with Gasteiger partial charge in [0.2, 0.25) is 0 Å². The predicted molar refractivity (Wildman–Crippen MR) is 87.4 cm³/mol. The van der Waals surface area contributed by atoms with Gasteiger partial charge in [-0.2, -0.15) is 0 Å². The van der Waals surface area contributed by atoms with E-state index in [0.29, 0.717) is 29.4 Å². The number of rotatable bonds is 5. The minimum absolute atomic E-state index is 0.0969. The van der Waals surface area contributed by atoms with Crippen molar-refractivity contribution in [2.24, 2.45) is 0 Å². The Morgan fingerprint density at radius 1 is 1.32 bits per heavy atom. The van der Waals surface area contributed by atoms with Gasteiger partial charge in [0.15, 0.2) is 5.58 Å². The molecule has 0 spiro atoms. The number of nitrogens with zero attached hydrogens (tertiary/aromatic N) is 1. The van der Waals surface area contributed by atoms with E-state index in [-0.39, 0.29) is 5.91 Å². The van der Waals surface area contributed by atoms with E-state index in [9.17, 15) is 4.79 Å². The lowest BCUT2D eigenvalue weighted by Gasteiger charge is -2.11. The van der Waals surface area contributed by atoms with Crippen LogP contribution in [0, 0.1) is 0 Å². The molecule has 2 aromatic heterocycles. The van der Waals surface area contributed by atoms with Crippen molar-refractivity contribution < 1.29 is 9.21 Å². The third-order valence-corrected chi connectivity index (χ3v) is 3.95. The number of furan rings is 1. The molecule has 0 atom stereocenters. The van der Waals surface area contributed by atoms with Crippen LogP contribution in [0.25, 0.3) is 11.1 Å². The molecule has 1 aromatic carbocycles. The highest BCUT2D eigenvalue weighted by Gasteiger charge is 2.17.